The van der Waals surface area contributed by atoms with Crippen LogP contribution in [0.5, 0.6) is 5.75 Å². The molecule has 0 amide bonds. The maximum atomic E-state index is 5.96. The smallest absolute Gasteiger partial charge is 0.146 e. The number of rotatable bonds is 6. The highest BCUT2D eigenvalue weighted by atomic mass is 79.9. The number of imidazole rings is 1. The first-order valence-corrected chi connectivity index (χ1v) is 7.47. The first-order chi connectivity index (χ1) is 9.58. The molecule has 2 aromatic rings. The minimum Gasteiger partial charge on any atom is -0.484 e. The van der Waals surface area contributed by atoms with Crippen molar-refractivity contribution in [1.82, 2.24) is 14.9 Å². The fourth-order valence-electron chi connectivity index (χ4n) is 1.84. The van der Waals surface area contributed by atoms with Crippen LogP contribution >= 0.6 is 15.9 Å². The van der Waals surface area contributed by atoms with E-state index in [0.29, 0.717) is 12.6 Å². The lowest BCUT2D eigenvalue weighted by Crippen LogP contribution is -2.22. The van der Waals surface area contributed by atoms with Gasteiger partial charge in [0.05, 0.1) is 4.47 Å². The van der Waals surface area contributed by atoms with E-state index in [0.717, 1.165) is 28.2 Å². The molecule has 4 nitrogen and oxygen atoms in total. The number of hydrogen-bond donors (Lipinski definition) is 1. The van der Waals surface area contributed by atoms with Crippen LogP contribution in [0.25, 0.3) is 0 Å². The van der Waals surface area contributed by atoms with E-state index in [1.807, 2.05) is 29.9 Å². The minimum atomic E-state index is 0.441. The molecule has 108 valence electrons. The molecule has 0 saturated carbocycles. The molecule has 1 N–H and O–H groups in total. The summed E-state index contributed by atoms with van der Waals surface area (Å²) in [6.45, 7) is 5.51. The van der Waals surface area contributed by atoms with Crippen LogP contribution in [0.2, 0.25) is 0 Å². The van der Waals surface area contributed by atoms with Crippen molar-refractivity contribution in [3.8, 4) is 5.75 Å². The maximum absolute atomic E-state index is 5.96. The molecule has 0 atom stereocenters. The van der Waals surface area contributed by atoms with Gasteiger partial charge in [0.1, 0.15) is 18.2 Å². The molecular weight excluding hydrogens is 318 g/mol. The number of nitrogens with one attached hydrogen (secondary N) is 1. The molecule has 0 bridgehead atoms. The molecule has 0 aliphatic heterocycles. The van der Waals surface area contributed by atoms with Gasteiger partial charge in [-0.1, -0.05) is 26.0 Å². The van der Waals surface area contributed by atoms with Crippen molar-refractivity contribution in [2.75, 3.05) is 0 Å². The van der Waals surface area contributed by atoms with Crippen molar-refractivity contribution in [3.63, 3.8) is 0 Å². The number of para-hydroxylation sites is 1. The minimum absolute atomic E-state index is 0.441. The average molecular weight is 338 g/mol. The number of aromatic nitrogens is 2. The van der Waals surface area contributed by atoms with Gasteiger partial charge in [-0.25, -0.2) is 4.98 Å². The van der Waals surface area contributed by atoms with E-state index >= 15 is 0 Å². The molecule has 1 aromatic heterocycles. The van der Waals surface area contributed by atoms with Crippen LogP contribution in [0.15, 0.2) is 35.1 Å². The van der Waals surface area contributed by atoms with Gasteiger partial charge in [-0.15, -0.1) is 0 Å². The Morgan fingerprint density at radius 2 is 2.20 bits per heavy atom. The van der Waals surface area contributed by atoms with Crippen molar-refractivity contribution < 1.29 is 4.74 Å². The monoisotopic (exact) mass is 337 g/mol. The average Bonchev–Trinajstić information content (AvgIpc) is 2.81. The Morgan fingerprint density at radius 1 is 1.40 bits per heavy atom. The van der Waals surface area contributed by atoms with Crippen molar-refractivity contribution >= 4 is 15.9 Å². The summed E-state index contributed by atoms with van der Waals surface area (Å²) in [6, 6.07) is 6.53. The van der Waals surface area contributed by atoms with Gasteiger partial charge in [0.2, 0.25) is 0 Å². The predicted octanol–water partition coefficient (Wildman–Crippen LogP) is 3.26. The van der Waals surface area contributed by atoms with E-state index in [2.05, 4.69) is 46.1 Å². The van der Waals surface area contributed by atoms with Gasteiger partial charge < -0.3 is 14.6 Å². The van der Waals surface area contributed by atoms with Crippen LogP contribution in [0, 0.1) is 0 Å². The Morgan fingerprint density at radius 3 is 2.85 bits per heavy atom. The summed E-state index contributed by atoms with van der Waals surface area (Å²) >= 11 is 3.56. The molecule has 0 radical (unpaired) electrons. The van der Waals surface area contributed by atoms with Crippen LogP contribution in [0.4, 0.5) is 0 Å². The van der Waals surface area contributed by atoms with E-state index in [1.165, 1.54) is 0 Å². The summed E-state index contributed by atoms with van der Waals surface area (Å²) in [6.07, 6.45) is 3.69. The predicted molar refractivity (Wildman–Crippen MR) is 83.7 cm³/mol. The lowest BCUT2D eigenvalue weighted by atomic mass is 10.2. The van der Waals surface area contributed by atoms with Gasteiger partial charge in [-0.05, 0) is 22.0 Å². The third-order valence-electron chi connectivity index (χ3n) is 3.02. The van der Waals surface area contributed by atoms with E-state index in [-0.39, 0.29) is 0 Å². The van der Waals surface area contributed by atoms with Crippen LogP contribution in [0.1, 0.15) is 25.2 Å². The Balaban J connectivity index is 2.11. The lowest BCUT2D eigenvalue weighted by molar-refractivity contribution is 0.286. The fourth-order valence-corrected chi connectivity index (χ4v) is 2.36. The summed E-state index contributed by atoms with van der Waals surface area (Å²) in [5.74, 6) is 1.78. The third kappa shape index (κ3) is 3.84. The second-order valence-corrected chi connectivity index (χ2v) is 5.86. The zero-order valence-electron chi connectivity index (χ0n) is 12.1. The molecule has 0 aliphatic carbocycles. The Labute approximate surface area is 128 Å². The van der Waals surface area contributed by atoms with Crippen LogP contribution in [-0.4, -0.2) is 15.6 Å². The lowest BCUT2D eigenvalue weighted by Gasteiger charge is -2.15. The zero-order valence-corrected chi connectivity index (χ0v) is 13.6. The second kappa shape index (κ2) is 6.90. The van der Waals surface area contributed by atoms with Crippen LogP contribution in [-0.2, 0) is 20.2 Å². The molecule has 1 heterocycles. The van der Waals surface area contributed by atoms with E-state index in [9.17, 15) is 0 Å². The summed E-state index contributed by atoms with van der Waals surface area (Å²) in [5, 5.41) is 3.41. The number of halogens is 1. The maximum Gasteiger partial charge on any atom is 0.146 e. The SMILES string of the molecule is CC(C)NCc1cccc(Br)c1OCc1nccn1C. The van der Waals surface area contributed by atoms with Gasteiger partial charge in [-0.2, -0.15) is 0 Å². The van der Waals surface area contributed by atoms with Crippen molar-refractivity contribution in [2.24, 2.45) is 7.05 Å². The first-order valence-electron chi connectivity index (χ1n) is 6.67. The molecule has 2 rings (SSSR count). The topological polar surface area (TPSA) is 39.1 Å². The van der Waals surface area contributed by atoms with Crippen LogP contribution < -0.4 is 10.1 Å². The molecule has 0 saturated heterocycles. The van der Waals surface area contributed by atoms with Crippen molar-refractivity contribution in [3.05, 3.63) is 46.5 Å². The number of hydrogen-bond acceptors (Lipinski definition) is 3. The number of aryl methyl sites for hydroxylation is 1. The molecule has 0 fully saturated rings. The van der Waals surface area contributed by atoms with Gasteiger partial charge in [0.25, 0.3) is 0 Å². The van der Waals surface area contributed by atoms with Crippen molar-refractivity contribution in [2.45, 2.75) is 33.0 Å². The summed E-state index contributed by atoms with van der Waals surface area (Å²) in [5.41, 5.74) is 1.14. The highest BCUT2D eigenvalue weighted by Gasteiger charge is 2.10. The first kappa shape index (κ1) is 15.1. The zero-order chi connectivity index (χ0) is 14.5. The Kier molecular flexibility index (Phi) is 5.20. The highest BCUT2D eigenvalue weighted by Crippen LogP contribution is 2.29. The van der Waals surface area contributed by atoms with E-state index in [1.54, 1.807) is 6.20 Å². The van der Waals surface area contributed by atoms with Gasteiger partial charge in [0.15, 0.2) is 0 Å². The number of nitrogens with zero attached hydrogens (tertiary/aromatic N) is 2. The molecule has 1 aromatic carbocycles. The second-order valence-electron chi connectivity index (χ2n) is 5.01. The molecule has 0 spiro atoms. The molecule has 5 heteroatoms. The molecule has 0 unspecified atom stereocenters. The standard InChI is InChI=1S/C15H20BrN3O/c1-11(2)18-9-12-5-4-6-13(16)15(12)20-10-14-17-7-8-19(14)3/h4-8,11,18H,9-10H2,1-3H3. The molecular formula is C15H20BrN3O. The summed E-state index contributed by atoms with van der Waals surface area (Å²) in [4.78, 5) is 4.27. The number of ether oxygens (including phenoxy) is 1. The van der Waals surface area contributed by atoms with Gasteiger partial charge in [-0.3, -0.25) is 0 Å². The van der Waals surface area contributed by atoms with E-state index < -0.39 is 0 Å². The quantitative estimate of drug-likeness (QED) is 0.879. The highest BCUT2D eigenvalue weighted by molar-refractivity contribution is 9.10. The summed E-state index contributed by atoms with van der Waals surface area (Å²) in [7, 11) is 1.97. The van der Waals surface area contributed by atoms with Crippen molar-refractivity contribution in [1.29, 1.82) is 0 Å². The fraction of sp³-hybridized carbons (Fsp3) is 0.400. The Bertz CT molecular complexity index is 566. The largest absolute Gasteiger partial charge is 0.484 e. The molecule has 0 aliphatic rings. The Hall–Kier alpha value is -1.33. The third-order valence-corrected chi connectivity index (χ3v) is 3.64. The van der Waals surface area contributed by atoms with Gasteiger partial charge in [0, 0.05) is 37.6 Å². The van der Waals surface area contributed by atoms with Gasteiger partial charge >= 0.3 is 0 Å². The van der Waals surface area contributed by atoms with E-state index in [4.69, 9.17) is 4.74 Å². The summed E-state index contributed by atoms with van der Waals surface area (Å²) < 4.78 is 8.88. The normalized spacial score (nSPS) is 11.1. The van der Waals surface area contributed by atoms with Crippen LogP contribution in [0.3, 0.4) is 0 Å². The molecule has 20 heavy (non-hydrogen) atoms. The number of benzene rings is 1.